The molecule has 0 radical (unpaired) electrons. The maximum Gasteiger partial charge on any atom is 0.193 e. The Morgan fingerprint density at radius 2 is 1.92 bits per heavy atom. The van der Waals surface area contributed by atoms with Crippen molar-refractivity contribution >= 4 is 29.9 Å². The number of aromatic nitrogens is 2. The van der Waals surface area contributed by atoms with E-state index in [0.29, 0.717) is 0 Å². The lowest BCUT2D eigenvalue weighted by molar-refractivity contribution is 0.295. The predicted molar refractivity (Wildman–Crippen MR) is 114 cm³/mol. The monoisotopic (exact) mass is 456 g/mol. The van der Waals surface area contributed by atoms with Crippen molar-refractivity contribution in [1.82, 2.24) is 24.9 Å². The van der Waals surface area contributed by atoms with Crippen LogP contribution in [0, 0.1) is 0 Å². The second-order valence-electron chi connectivity index (χ2n) is 6.20. The third-order valence-electron chi connectivity index (χ3n) is 4.02. The van der Waals surface area contributed by atoms with Crippen LogP contribution in [0.15, 0.2) is 47.7 Å². The molecule has 0 aliphatic carbocycles. The lowest BCUT2D eigenvalue weighted by atomic mass is 10.1. The molecule has 1 N–H and O–H groups in total. The lowest BCUT2D eigenvalue weighted by Crippen LogP contribution is -2.42. The van der Waals surface area contributed by atoms with Gasteiger partial charge in [0.2, 0.25) is 0 Å². The molecule has 2 aromatic rings. The summed E-state index contributed by atoms with van der Waals surface area (Å²) < 4.78 is 1.84. The summed E-state index contributed by atoms with van der Waals surface area (Å²) in [6.07, 6.45) is 3.98. The van der Waals surface area contributed by atoms with Gasteiger partial charge in [-0.2, -0.15) is 5.10 Å². The minimum atomic E-state index is 0. The molecule has 0 saturated carbocycles. The Kier molecular flexibility index (Phi) is 8.91. The van der Waals surface area contributed by atoms with Gasteiger partial charge in [0.15, 0.2) is 5.96 Å². The molecule has 7 heteroatoms. The largest absolute Gasteiger partial charge is 0.354 e. The van der Waals surface area contributed by atoms with Gasteiger partial charge in [0.1, 0.15) is 0 Å². The summed E-state index contributed by atoms with van der Waals surface area (Å²) in [7, 11) is 9.97. The number of nitrogens with zero attached hydrogens (tertiary/aromatic N) is 5. The highest BCUT2D eigenvalue weighted by atomic mass is 127. The highest BCUT2D eigenvalue weighted by Gasteiger charge is 2.17. The fraction of sp³-hybridized carbons (Fsp3) is 0.444. The minimum Gasteiger partial charge on any atom is -0.354 e. The average molecular weight is 456 g/mol. The molecular weight excluding hydrogens is 427 g/mol. The summed E-state index contributed by atoms with van der Waals surface area (Å²) in [5, 5.41) is 7.76. The Balaban J connectivity index is 0.00000312. The number of guanidine groups is 1. The van der Waals surface area contributed by atoms with Gasteiger partial charge in [-0.25, -0.2) is 0 Å². The molecule has 0 aliphatic heterocycles. The Morgan fingerprint density at radius 1 is 1.24 bits per heavy atom. The lowest BCUT2D eigenvalue weighted by Gasteiger charge is -2.27. The van der Waals surface area contributed by atoms with Gasteiger partial charge in [0.05, 0.1) is 12.2 Å². The number of benzene rings is 1. The standard InChI is InChI=1S/C18H28N6.HI/c1-19-18(23(4)13-15-9-7-6-8-10-15)20-12-17(22(2)3)16-11-21-24(5)14-16;/h6-11,14,17H,12-13H2,1-5H3,(H,19,20);1H. The Morgan fingerprint density at radius 3 is 2.44 bits per heavy atom. The molecule has 1 aromatic heterocycles. The number of hydrogen-bond donors (Lipinski definition) is 1. The summed E-state index contributed by atoms with van der Waals surface area (Å²) >= 11 is 0. The van der Waals surface area contributed by atoms with Gasteiger partial charge in [0, 0.05) is 46.0 Å². The first-order chi connectivity index (χ1) is 11.5. The van der Waals surface area contributed by atoms with Crippen molar-refractivity contribution in [2.75, 3.05) is 34.7 Å². The minimum absolute atomic E-state index is 0. The maximum atomic E-state index is 4.41. The second-order valence-corrected chi connectivity index (χ2v) is 6.20. The highest BCUT2D eigenvalue weighted by molar-refractivity contribution is 14.0. The molecule has 0 spiro atoms. The number of likely N-dealkylation sites (N-methyl/N-ethyl adjacent to an activating group) is 1. The molecule has 0 saturated heterocycles. The normalized spacial score (nSPS) is 12.6. The van der Waals surface area contributed by atoms with Crippen LogP contribution in [0.3, 0.4) is 0 Å². The molecule has 138 valence electrons. The van der Waals surface area contributed by atoms with E-state index in [1.165, 1.54) is 11.1 Å². The topological polar surface area (TPSA) is 48.7 Å². The third kappa shape index (κ3) is 6.32. The molecule has 2 rings (SSSR count). The van der Waals surface area contributed by atoms with Crippen LogP contribution < -0.4 is 5.32 Å². The van der Waals surface area contributed by atoms with Crippen LogP contribution in [-0.4, -0.2) is 60.3 Å². The van der Waals surface area contributed by atoms with Crippen LogP contribution >= 0.6 is 24.0 Å². The molecule has 0 bridgehead atoms. The smallest absolute Gasteiger partial charge is 0.193 e. The number of aliphatic imine (C=N–C) groups is 1. The van der Waals surface area contributed by atoms with Crippen LogP contribution in [0.2, 0.25) is 0 Å². The molecule has 1 heterocycles. The average Bonchev–Trinajstić information content (AvgIpc) is 2.98. The van der Waals surface area contributed by atoms with Gasteiger partial charge in [-0.1, -0.05) is 30.3 Å². The van der Waals surface area contributed by atoms with E-state index in [0.717, 1.165) is 19.0 Å². The third-order valence-corrected chi connectivity index (χ3v) is 4.02. The second kappa shape index (κ2) is 10.4. The van der Waals surface area contributed by atoms with E-state index in [9.17, 15) is 0 Å². The van der Waals surface area contributed by atoms with E-state index < -0.39 is 0 Å². The summed E-state index contributed by atoms with van der Waals surface area (Å²) in [5.74, 6) is 0.884. The number of nitrogens with one attached hydrogen (secondary N) is 1. The van der Waals surface area contributed by atoms with Crippen LogP contribution in [0.5, 0.6) is 0 Å². The molecule has 0 amide bonds. The fourth-order valence-electron chi connectivity index (χ4n) is 2.72. The number of halogens is 1. The highest BCUT2D eigenvalue weighted by Crippen LogP contribution is 2.16. The van der Waals surface area contributed by atoms with Gasteiger partial charge in [-0.3, -0.25) is 9.67 Å². The van der Waals surface area contributed by atoms with Gasteiger partial charge in [0.25, 0.3) is 0 Å². The van der Waals surface area contributed by atoms with E-state index in [2.05, 4.69) is 76.8 Å². The number of hydrogen-bond acceptors (Lipinski definition) is 3. The quantitative estimate of drug-likeness (QED) is 0.412. The Labute approximate surface area is 167 Å². The molecule has 1 atom stereocenters. The molecule has 6 nitrogen and oxygen atoms in total. The maximum absolute atomic E-state index is 4.41. The van der Waals surface area contributed by atoms with Crippen molar-refractivity contribution in [2.24, 2.45) is 12.0 Å². The first-order valence-corrected chi connectivity index (χ1v) is 8.12. The molecular formula is C18H29IN6. The van der Waals surface area contributed by atoms with E-state index in [4.69, 9.17) is 0 Å². The first kappa shape index (κ1) is 21.4. The van der Waals surface area contributed by atoms with E-state index in [-0.39, 0.29) is 30.0 Å². The van der Waals surface area contributed by atoms with Gasteiger partial charge < -0.3 is 15.1 Å². The number of rotatable bonds is 6. The van der Waals surface area contributed by atoms with Gasteiger partial charge >= 0.3 is 0 Å². The van der Waals surface area contributed by atoms with Crippen LogP contribution in [0.25, 0.3) is 0 Å². The Bertz CT molecular complexity index is 653. The summed E-state index contributed by atoms with van der Waals surface area (Å²) in [4.78, 5) is 8.73. The zero-order valence-corrected chi connectivity index (χ0v) is 18.0. The zero-order valence-electron chi connectivity index (χ0n) is 15.7. The fourth-order valence-corrected chi connectivity index (χ4v) is 2.72. The molecule has 0 aliphatic rings. The van der Waals surface area contributed by atoms with Gasteiger partial charge in [-0.15, -0.1) is 24.0 Å². The van der Waals surface area contributed by atoms with Crippen molar-refractivity contribution in [1.29, 1.82) is 0 Å². The predicted octanol–water partition coefficient (Wildman–Crippen LogP) is 2.35. The van der Waals surface area contributed by atoms with Gasteiger partial charge in [-0.05, 0) is 19.7 Å². The van der Waals surface area contributed by atoms with Crippen LogP contribution in [0.1, 0.15) is 17.2 Å². The van der Waals surface area contributed by atoms with Crippen LogP contribution in [-0.2, 0) is 13.6 Å². The van der Waals surface area contributed by atoms with E-state index in [1.54, 1.807) is 0 Å². The van der Waals surface area contributed by atoms with Crippen molar-refractivity contribution in [3.8, 4) is 0 Å². The summed E-state index contributed by atoms with van der Waals surface area (Å²) in [6, 6.07) is 10.6. The van der Waals surface area contributed by atoms with E-state index in [1.807, 2.05) is 31.0 Å². The van der Waals surface area contributed by atoms with Crippen molar-refractivity contribution in [3.63, 3.8) is 0 Å². The molecule has 25 heavy (non-hydrogen) atoms. The molecule has 1 aromatic carbocycles. The van der Waals surface area contributed by atoms with Crippen molar-refractivity contribution in [3.05, 3.63) is 53.9 Å². The summed E-state index contributed by atoms with van der Waals surface area (Å²) in [5.41, 5.74) is 2.45. The SMILES string of the molecule is CN=C(NCC(c1cnn(C)c1)N(C)C)N(C)Cc1ccccc1.I. The molecule has 1 unspecified atom stereocenters. The zero-order chi connectivity index (χ0) is 17.5. The molecule has 0 fully saturated rings. The number of aryl methyl sites for hydroxylation is 1. The first-order valence-electron chi connectivity index (χ1n) is 8.12. The van der Waals surface area contributed by atoms with Crippen LogP contribution in [0.4, 0.5) is 0 Å². The van der Waals surface area contributed by atoms with E-state index >= 15 is 0 Å². The summed E-state index contributed by atoms with van der Waals surface area (Å²) in [6.45, 7) is 1.59. The van der Waals surface area contributed by atoms with Crippen molar-refractivity contribution in [2.45, 2.75) is 12.6 Å². The Hall–Kier alpha value is -1.61. The van der Waals surface area contributed by atoms with Crippen molar-refractivity contribution < 1.29 is 0 Å².